The lowest BCUT2D eigenvalue weighted by atomic mass is 9.92. The number of hydrogen-bond donors (Lipinski definition) is 1. The van der Waals surface area contributed by atoms with E-state index in [1.54, 1.807) is 44.2 Å². The maximum Gasteiger partial charge on any atom is 0.261 e. The van der Waals surface area contributed by atoms with Gasteiger partial charge < -0.3 is 0 Å². The summed E-state index contributed by atoms with van der Waals surface area (Å²) in [5, 5.41) is 0. The Morgan fingerprint density at radius 1 is 1.18 bits per heavy atom. The molecule has 0 atom stereocenters. The number of benzene rings is 1. The van der Waals surface area contributed by atoms with E-state index >= 15 is 0 Å². The summed E-state index contributed by atoms with van der Waals surface area (Å²) in [6.07, 6.45) is 3.26. The highest BCUT2D eigenvalue weighted by Gasteiger charge is 2.14. The molecular formula is C12H14BNO2S. The molecule has 0 heterocycles. The van der Waals surface area contributed by atoms with Gasteiger partial charge in [-0.2, -0.15) is 0 Å². The van der Waals surface area contributed by atoms with Crippen molar-refractivity contribution in [1.82, 2.24) is 4.72 Å². The minimum absolute atomic E-state index is 0.211. The fourth-order valence-electron chi connectivity index (χ4n) is 1.24. The Bertz CT molecular complexity index is 533. The number of hydrogen-bond acceptors (Lipinski definition) is 2. The van der Waals surface area contributed by atoms with Gasteiger partial charge in [-0.15, -0.1) is 0 Å². The van der Waals surface area contributed by atoms with Crippen LogP contribution in [0.5, 0.6) is 0 Å². The van der Waals surface area contributed by atoms with E-state index in [2.05, 4.69) is 4.72 Å². The van der Waals surface area contributed by atoms with Crippen molar-refractivity contribution in [2.24, 2.45) is 0 Å². The van der Waals surface area contributed by atoms with Gasteiger partial charge in [0.15, 0.2) is 0 Å². The zero-order chi connectivity index (χ0) is 12.9. The van der Waals surface area contributed by atoms with Crippen molar-refractivity contribution < 1.29 is 8.42 Å². The Morgan fingerprint density at radius 3 is 2.24 bits per heavy atom. The van der Waals surface area contributed by atoms with Gasteiger partial charge in [0.25, 0.3) is 10.0 Å². The Morgan fingerprint density at radius 2 is 1.76 bits per heavy atom. The first-order chi connectivity index (χ1) is 8.01. The van der Waals surface area contributed by atoms with Crippen LogP contribution in [0.3, 0.4) is 0 Å². The molecule has 1 N–H and O–H groups in total. The number of sulfonamides is 1. The Balaban J connectivity index is 3.03. The summed E-state index contributed by atoms with van der Waals surface area (Å²) in [5.41, 5.74) is 0.781. The molecule has 0 saturated heterocycles. The molecule has 0 amide bonds. The highest BCUT2D eigenvalue weighted by molar-refractivity contribution is 7.89. The maximum atomic E-state index is 12.0. The van der Waals surface area contributed by atoms with Crippen molar-refractivity contribution in [2.45, 2.75) is 18.7 Å². The van der Waals surface area contributed by atoms with Gasteiger partial charge in [0, 0.05) is 5.70 Å². The van der Waals surface area contributed by atoms with E-state index < -0.39 is 10.0 Å². The van der Waals surface area contributed by atoms with Crippen molar-refractivity contribution in [3.63, 3.8) is 0 Å². The Labute approximate surface area is 104 Å². The van der Waals surface area contributed by atoms with Crippen LogP contribution in [0.15, 0.2) is 58.5 Å². The van der Waals surface area contributed by atoms with Gasteiger partial charge in [-0.1, -0.05) is 35.8 Å². The van der Waals surface area contributed by atoms with Crippen molar-refractivity contribution in [1.29, 1.82) is 0 Å². The molecule has 17 heavy (non-hydrogen) atoms. The molecule has 5 heteroatoms. The molecule has 0 fully saturated rings. The van der Waals surface area contributed by atoms with Crippen LogP contribution in [0.1, 0.15) is 13.8 Å². The molecule has 0 spiro atoms. The molecule has 2 radical (unpaired) electrons. The molecule has 0 saturated carbocycles. The molecule has 3 nitrogen and oxygen atoms in total. The molecular weight excluding hydrogens is 233 g/mol. The van der Waals surface area contributed by atoms with E-state index in [1.165, 1.54) is 12.1 Å². The van der Waals surface area contributed by atoms with E-state index in [0.717, 1.165) is 0 Å². The van der Waals surface area contributed by atoms with E-state index in [1.807, 2.05) is 0 Å². The van der Waals surface area contributed by atoms with Crippen LogP contribution in [-0.4, -0.2) is 16.3 Å². The molecule has 0 unspecified atom stereocenters. The van der Waals surface area contributed by atoms with E-state index in [0.29, 0.717) is 11.2 Å². The third-order valence-electron chi connectivity index (χ3n) is 2.21. The Kier molecular flexibility index (Phi) is 4.58. The van der Waals surface area contributed by atoms with Crippen molar-refractivity contribution in [3.05, 3.63) is 53.7 Å². The van der Waals surface area contributed by atoms with E-state index in [4.69, 9.17) is 7.85 Å². The molecule has 0 aliphatic carbocycles. The fraction of sp³-hybridized carbons (Fsp3) is 0.167. The first-order valence-electron chi connectivity index (χ1n) is 5.17. The topological polar surface area (TPSA) is 46.2 Å². The minimum atomic E-state index is -3.57. The number of rotatable bonds is 4. The fourth-order valence-corrected chi connectivity index (χ4v) is 2.40. The van der Waals surface area contributed by atoms with Crippen molar-refractivity contribution >= 4 is 17.9 Å². The first kappa shape index (κ1) is 13.6. The van der Waals surface area contributed by atoms with Gasteiger partial charge in [0.2, 0.25) is 0 Å². The second-order valence-electron chi connectivity index (χ2n) is 3.36. The lowest BCUT2D eigenvalue weighted by Gasteiger charge is -2.12. The molecule has 1 rings (SSSR count). The molecule has 0 bridgehead atoms. The summed E-state index contributed by atoms with van der Waals surface area (Å²) >= 11 is 0. The predicted octanol–water partition coefficient (Wildman–Crippen LogP) is 1.94. The summed E-state index contributed by atoms with van der Waals surface area (Å²) in [6, 6.07) is 8.16. The predicted molar refractivity (Wildman–Crippen MR) is 70.0 cm³/mol. The Hall–Kier alpha value is -1.49. The molecule has 0 aromatic heterocycles. The molecule has 0 aliphatic rings. The van der Waals surface area contributed by atoms with Crippen LogP contribution in [0.2, 0.25) is 0 Å². The van der Waals surface area contributed by atoms with E-state index in [-0.39, 0.29) is 4.90 Å². The standard InChI is InChI=1S/C12H14BNO2S/c1-3-11(13)12(4-2)14-17(15,16)10-8-6-5-7-9-10/h3-9,14H,1-2H3/b11-3+,12-4+. The van der Waals surface area contributed by atoms with Gasteiger partial charge in [-0.05, 0) is 26.0 Å². The van der Waals surface area contributed by atoms with Crippen molar-refractivity contribution in [3.8, 4) is 0 Å². The van der Waals surface area contributed by atoms with Crippen LogP contribution in [0, 0.1) is 0 Å². The second kappa shape index (κ2) is 5.73. The first-order valence-corrected chi connectivity index (χ1v) is 6.66. The van der Waals surface area contributed by atoms with Crippen molar-refractivity contribution in [2.75, 3.05) is 0 Å². The third-order valence-corrected chi connectivity index (χ3v) is 3.59. The molecule has 0 aliphatic heterocycles. The summed E-state index contributed by atoms with van der Waals surface area (Å²) in [6.45, 7) is 3.47. The third kappa shape index (κ3) is 3.49. The second-order valence-corrected chi connectivity index (χ2v) is 5.05. The average Bonchev–Trinajstić information content (AvgIpc) is 2.36. The SMILES string of the molecule is [B]C(=C/C)/C(=C\C)NS(=O)(=O)c1ccccc1. The summed E-state index contributed by atoms with van der Waals surface area (Å²) < 4.78 is 26.4. The zero-order valence-corrected chi connectivity index (χ0v) is 10.7. The van der Waals surface area contributed by atoms with Gasteiger partial charge in [0.1, 0.15) is 7.85 Å². The van der Waals surface area contributed by atoms with E-state index in [9.17, 15) is 8.42 Å². The molecule has 1 aromatic carbocycles. The maximum absolute atomic E-state index is 12.0. The number of allylic oxidation sites excluding steroid dienone is 3. The van der Waals surface area contributed by atoms with Gasteiger partial charge in [0.05, 0.1) is 4.90 Å². The van der Waals surface area contributed by atoms with Crippen LogP contribution in [0.4, 0.5) is 0 Å². The van der Waals surface area contributed by atoms with Crippen LogP contribution in [0.25, 0.3) is 0 Å². The average molecular weight is 247 g/mol. The lowest BCUT2D eigenvalue weighted by Crippen LogP contribution is -2.24. The number of nitrogens with one attached hydrogen (secondary N) is 1. The summed E-state index contributed by atoms with van der Waals surface area (Å²) in [5.74, 6) is 0. The van der Waals surface area contributed by atoms with Crippen LogP contribution >= 0.6 is 0 Å². The van der Waals surface area contributed by atoms with Crippen LogP contribution < -0.4 is 4.72 Å². The summed E-state index contributed by atoms with van der Waals surface area (Å²) in [4.78, 5) is 0.211. The zero-order valence-electron chi connectivity index (χ0n) is 9.84. The largest absolute Gasteiger partial charge is 0.281 e. The highest BCUT2D eigenvalue weighted by atomic mass is 32.2. The molecule has 1 aromatic rings. The quantitative estimate of drug-likeness (QED) is 0.652. The highest BCUT2D eigenvalue weighted by Crippen LogP contribution is 2.11. The van der Waals surface area contributed by atoms with Gasteiger partial charge in [-0.3, -0.25) is 4.72 Å². The monoisotopic (exact) mass is 247 g/mol. The smallest absolute Gasteiger partial charge is 0.261 e. The van der Waals surface area contributed by atoms with Gasteiger partial charge in [-0.25, -0.2) is 8.42 Å². The van der Waals surface area contributed by atoms with Gasteiger partial charge >= 0.3 is 0 Å². The molecule has 88 valence electrons. The minimum Gasteiger partial charge on any atom is -0.281 e. The normalized spacial score (nSPS) is 13.5. The summed E-state index contributed by atoms with van der Waals surface area (Å²) in [7, 11) is 2.11. The lowest BCUT2D eigenvalue weighted by molar-refractivity contribution is 0.589. The van der Waals surface area contributed by atoms with Crippen LogP contribution in [-0.2, 0) is 10.0 Å².